The van der Waals surface area contributed by atoms with Gasteiger partial charge in [0.1, 0.15) is 0 Å². The van der Waals surface area contributed by atoms with Crippen LogP contribution in [0.5, 0.6) is 0 Å². The van der Waals surface area contributed by atoms with Gasteiger partial charge in [-0.25, -0.2) is 0 Å². The predicted molar refractivity (Wildman–Crippen MR) is 89.6 cm³/mol. The molecule has 0 fully saturated rings. The first-order valence-corrected chi connectivity index (χ1v) is 7.13. The van der Waals surface area contributed by atoms with Gasteiger partial charge in [-0.1, -0.05) is 67.0 Å². The molecule has 0 heterocycles. The summed E-state index contributed by atoms with van der Waals surface area (Å²) in [6.07, 6.45) is 0.898. The van der Waals surface area contributed by atoms with E-state index in [0.717, 1.165) is 28.7 Å². The highest BCUT2D eigenvalue weighted by Gasteiger charge is 1.94. The van der Waals surface area contributed by atoms with Crippen molar-refractivity contribution in [2.24, 2.45) is 0 Å². The lowest BCUT2D eigenvalue weighted by molar-refractivity contribution is 1.14. The van der Waals surface area contributed by atoms with Gasteiger partial charge in [0, 0.05) is 22.3 Å². The molecule has 0 aliphatic carbocycles. The summed E-state index contributed by atoms with van der Waals surface area (Å²) in [5.41, 5.74) is 4.21. The molecule has 0 amide bonds. The Morgan fingerprint density at radius 3 is 1.71 bits per heavy atom. The molecule has 2 aromatic rings. The molecule has 0 saturated heterocycles. The Bertz CT molecular complexity index is 727. The van der Waals surface area contributed by atoms with Crippen LogP contribution in [0.2, 0.25) is 0 Å². The van der Waals surface area contributed by atoms with E-state index in [1.54, 1.807) is 0 Å². The Morgan fingerprint density at radius 1 is 0.762 bits per heavy atom. The van der Waals surface area contributed by atoms with Crippen LogP contribution in [0.1, 0.15) is 31.4 Å². The minimum absolute atomic E-state index is 0.898. The van der Waals surface area contributed by atoms with Crippen LogP contribution in [0.25, 0.3) is 0 Å². The molecule has 0 N–H and O–H groups in total. The molecule has 0 atom stereocenters. The summed E-state index contributed by atoms with van der Waals surface area (Å²) in [6.45, 7) is 4.15. The van der Waals surface area contributed by atoms with E-state index in [1.807, 2.05) is 67.6 Å². The van der Waals surface area contributed by atoms with Gasteiger partial charge in [0.2, 0.25) is 0 Å². The molecule has 0 bridgehead atoms. The summed E-state index contributed by atoms with van der Waals surface area (Å²) >= 11 is 0. The Balaban J connectivity index is 2.24. The molecular formula is C21H18. The van der Waals surface area contributed by atoms with Gasteiger partial charge in [0.05, 0.1) is 0 Å². The van der Waals surface area contributed by atoms with Crippen LogP contribution in [-0.4, -0.2) is 0 Å². The standard InChI is InChI=1S/C21H18/c1-3-21(17-16-20-12-8-5-9-13-20)18(2)14-15-19-10-6-4-7-11-19/h4-13H,3H2,1-2H3/b21-18-. The van der Waals surface area contributed by atoms with Crippen LogP contribution >= 0.6 is 0 Å². The molecule has 0 saturated carbocycles. The van der Waals surface area contributed by atoms with Crippen LogP contribution in [0.3, 0.4) is 0 Å². The highest BCUT2D eigenvalue weighted by Crippen LogP contribution is 2.08. The first-order chi connectivity index (χ1) is 10.3. The second-order valence-corrected chi connectivity index (χ2v) is 4.69. The van der Waals surface area contributed by atoms with Crippen molar-refractivity contribution < 1.29 is 0 Å². The number of allylic oxidation sites excluding steroid dienone is 2. The molecular weight excluding hydrogens is 252 g/mol. The van der Waals surface area contributed by atoms with Gasteiger partial charge >= 0.3 is 0 Å². The Hall–Kier alpha value is -2.70. The van der Waals surface area contributed by atoms with Gasteiger partial charge < -0.3 is 0 Å². The lowest BCUT2D eigenvalue weighted by atomic mass is 10.1. The fourth-order valence-electron chi connectivity index (χ4n) is 1.88. The highest BCUT2D eigenvalue weighted by atomic mass is 14.0. The third-order valence-electron chi connectivity index (χ3n) is 3.11. The van der Waals surface area contributed by atoms with E-state index in [1.165, 1.54) is 0 Å². The Labute approximate surface area is 127 Å². The van der Waals surface area contributed by atoms with Crippen molar-refractivity contribution in [1.82, 2.24) is 0 Å². The van der Waals surface area contributed by atoms with Crippen LogP contribution in [0, 0.1) is 23.7 Å². The fraction of sp³-hybridized carbons (Fsp3) is 0.143. The van der Waals surface area contributed by atoms with Crippen molar-refractivity contribution in [3.8, 4) is 23.7 Å². The summed E-state index contributed by atoms with van der Waals surface area (Å²) in [4.78, 5) is 0. The summed E-state index contributed by atoms with van der Waals surface area (Å²) in [6, 6.07) is 20.1. The smallest absolute Gasteiger partial charge is 0.0248 e. The molecule has 0 radical (unpaired) electrons. The SMILES string of the molecule is CC/C(C#Cc1ccccc1)=C(\C)C#Cc1ccccc1. The normalized spacial score (nSPS) is 10.6. The third-order valence-corrected chi connectivity index (χ3v) is 3.11. The zero-order valence-electron chi connectivity index (χ0n) is 12.5. The van der Waals surface area contributed by atoms with E-state index in [-0.39, 0.29) is 0 Å². The van der Waals surface area contributed by atoms with E-state index in [0.29, 0.717) is 0 Å². The molecule has 0 unspecified atom stereocenters. The Morgan fingerprint density at radius 2 is 1.24 bits per heavy atom. The van der Waals surface area contributed by atoms with Crippen LogP contribution < -0.4 is 0 Å². The average molecular weight is 270 g/mol. The highest BCUT2D eigenvalue weighted by molar-refractivity contribution is 5.48. The minimum atomic E-state index is 0.898. The van der Waals surface area contributed by atoms with Gasteiger partial charge in [-0.15, -0.1) is 0 Å². The fourth-order valence-corrected chi connectivity index (χ4v) is 1.88. The van der Waals surface area contributed by atoms with Crippen LogP contribution in [-0.2, 0) is 0 Å². The topological polar surface area (TPSA) is 0 Å². The maximum atomic E-state index is 3.25. The van der Waals surface area contributed by atoms with Crippen molar-refractivity contribution in [3.63, 3.8) is 0 Å². The second kappa shape index (κ2) is 7.78. The average Bonchev–Trinajstić information content (AvgIpc) is 2.55. The summed E-state index contributed by atoms with van der Waals surface area (Å²) in [5.74, 6) is 12.8. The molecule has 0 nitrogen and oxygen atoms in total. The first-order valence-electron chi connectivity index (χ1n) is 7.13. The Kier molecular flexibility index (Phi) is 5.45. The minimum Gasteiger partial charge on any atom is -0.0654 e. The van der Waals surface area contributed by atoms with Gasteiger partial charge in [-0.3, -0.25) is 0 Å². The van der Waals surface area contributed by atoms with Gasteiger partial charge in [-0.05, 0) is 37.6 Å². The first kappa shape index (κ1) is 14.7. The number of hydrogen-bond donors (Lipinski definition) is 0. The quantitative estimate of drug-likeness (QED) is 0.652. The molecule has 2 rings (SSSR count). The van der Waals surface area contributed by atoms with E-state index in [4.69, 9.17) is 0 Å². The number of hydrogen-bond acceptors (Lipinski definition) is 0. The lowest BCUT2D eigenvalue weighted by Crippen LogP contribution is -1.83. The van der Waals surface area contributed by atoms with Crippen LogP contribution in [0.15, 0.2) is 71.8 Å². The number of rotatable bonds is 1. The molecule has 21 heavy (non-hydrogen) atoms. The summed E-state index contributed by atoms with van der Waals surface area (Å²) in [7, 11) is 0. The molecule has 102 valence electrons. The predicted octanol–water partition coefficient (Wildman–Crippen LogP) is 4.82. The van der Waals surface area contributed by atoms with Crippen molar-refractivity contribution in [2.45, 2.75) is 20.3 Å². The molecule has 0 heteroatoms. The molecule has 0 aliphatic heterocycles. The largest absolute Gasteiger partial charge is 0.0654 e. The van der Waals surface area contributed by atoms with Crippen molar-refractivity contribution in [2.75, 3.05) is 0 Å². The third kappa shape index (κ3) is 4.72. The summed E-state index contributed by atoms with van der Waals surface area (Å²) < 4.78 is 0. The van der Waals surface area contributed by atoms with E-state index < -0.39 is 0 Å². The van der Waals surface area contributed by atoms with Gasteiger partial charge in [0.25, 0.3) is 0 Å². The molecule has 0 spiro atoms. The zero-order chi connectivity index (χ0) is 14.9. The van der Waals surface area contributed by atoms with Crippen molar-refractivity contribution in [1.29, 1.82) is 0 Å². The van der Waals surface area contributed by atoms with E-state index >= 15 is 0 Å². The van der Waals surface area contributed by atoms with E-state index in [9.17, 15) is 0 Å². The van der Waals surface area contributed by atoms with Crippen LogP contribution in [0.4, 0.5) is 0 Å². The van der Waals surface area contributed by atoms with E-state index in [2.05, 4.69) is 30.6 Å². The zero-order valence-corrected chi connectivity index (χ0v) is 12.5. The lowest BCUT2D eigenvalue weighted by Gasteiger charge is -1.96. The van der Waals surface area contributed by atoms with Gasteiger partial charge in [-0.2, -0.15) is 0 Å². The monoisotopic (exact) mass is 270 g/mol. The molecule has 2 aromatic carbocycles. The van der Waals surface area contributed by atoms with Crippen molar-refractivity contribution in [3.05, 3.63) is 82.9 Å². The maximum absolute atomic E-state index is 3.25. The number of benzene rings is 2. The second-order valence-electron chi connectivity index (χ2n) is 4.69. The maximum Gasteiger partial charge on any atom is 0.0248 e. The summed E-state index contributed by atoms with van der Waals surface area (Å²) in [5, 5.41) is 0. The van der Waals surface area contributed by atoms with Gasteiger partial charge in [0.15, 0.2) is 0 Å². The molecule has 0 aromatic heterocycles. The molecule has 0 aliphatic rings. The van der Waals surface area contributed by atoms with Crippen molar-refractivity contribution >= 4 is 0 Å².